The molecule has 7 nitrogen and oxygen atoms in total. The third-order valence-corrected chi connectivity index (χ3v) is 3.77. The second-order valence-corrected chi connectivity index (χ2v) is 5.06. The number of hydrogen-bond acceptors (Lipinski definition) is 4. The maximum atomic E-state index is 11.7. The quantitative estimate of drug-likeness (QED) is 0.671. The summed E-state index contributed by atoms with van der Waals surface area (Å²) in [4.78, 5) is 22.7. The molecule has 0 bridgehead atoms. The van der Waals surface area contributed by atoms with E-state index in [0.717, 1.165) is 12.8 Å². The van der Waals surface area contributed by atoms with Crippen LogP contribution in [0.1, 0.15) is 19.3 Å². The van der Waals surface area contributed by atoms with E-state index in [0.29, 0.717) is 39.3 Å². The maximum absolute atomic E-state index is 11.7. The summed E-state index contributed by atoms with van der Waals surface area (Å²) in [6, 6.07) is -0.266. The van der Waals surface area contributed by atoms with E-state index in [9.17, 15) is 9.59 Å². The number of nitrogens with zero attached hydrogens (tertiary/aromatic N) is 1. The van der Waals surface area contributed by atoms with Crippen molar-refractivity contribution >= 4 is 12.0 Å². The minimum absolute atomic E-state index is 0.0490. The van der Waals surface area contributed by atoms with Crippen LogP contribution in [0.25, 0.3) is 0 Å². The third kappa shape index (κ3) is 4.07. The van der Waals surface area contributed by atoms with E-state index in [1.807, 2.05) is 5.01 Å². The van der Waals surface area contributed by atoms with E-state index >= 15 is 0 Å². The summed E-state index contributed by atoms with van der Waals surface area (Å²) in [7, 11) is 0. The number of carboxylic acid groups (broad SMARTS) is 1. The Morgan fingerprint density at radius 3 is 2.68 bits per heavy atom. The van der Waals surface area contributed by atoms with Gasteiger partial charge in [-0.2, -0.15) is 0 Å². The van der Waals surface area contributed by atoms with Gasteiger partial charge in [0.2, 0.25) is 0 Å². The van der Waals surface area contributed by atoms with Gasteiger partial charge in [0.25, 0.3) is 0 Å². The number of amides is 2. The minimum Gasteiger partial charge on any atom is -0.481 e. The Morgan fingerprint density at radius 1 is 1.26 bits per heavy atom. The Bertz CT molecular complexity index is 331. The Balaban J connectivity index is 1.69. The van der Waals surface area contributed by atoms with Crippen LogP contribution in [0.4, 0.5) is 4.79 Å². The average Bonchev–Trinajstić information content (AvgIpc) is 2.86. The Hall–Kier alpha value is -1.34. The summed E-state index contributed by atoms with van der Waals surface area (Å²) in [5, 5.41) is 13.6. The molecule has 1 aliphatic heterocycles. The lowest BCUT2D eigenvalue weighted by atomic mass is 9.96. The van der Waals surface area contributed by atoms with Gasteiger partial charge in [-0.05, 0) is 18.8 Å². The highest BCUT2D eigenvalue weighted by Crippen LogP contribution is 2.31. The van der Waals surface area contributed by atoms with Gasteiger partial charge in [-0.3, -0.25) is 10.2 Å². The van der Waals surface area contributed by atoms with Crippen molar-refractivity contribution < 1.29 is 19.4 Å². The van der Waals surface area contributed by atoms with Crippen LogP contribution in [-0.4, -0.2) is 55.0 Å². The van der Waals surface area contributed by atoms with Crippen LogP contribution >= 0.6 is 0 Å². The number of carbonyl (C=O) groups is 2. The van der Waals surface area contributed by atoms with Crippen LogP contribution in [0.5, 0.6) is 0 Å². The molecule has 2 fully saturated rings. The van der Waals surface area contributed by atoms with Gasteiger partial charge in [-0.15, -0.1) is 0 Å². The predicted molar refractivity (Wildman–Crippen MR) is 67.4 cm³/mol. The molecule has 2 aliphatic rings. The molecule has 0 aromatic heterocycles. The van der Waals surface area contributed by atoms with E-state index in [-0.39, 0.29) is 17.9 Å². The third-order valence-electron chi connectivity index (χ3n) is 3.77. The van der Waals surface area contributed by atoms with E-state index in [1.54, 1.807) is 0 Å². The molecular weight excluding hydrogens is 250 g/mol. The molecule has 1 aliphatic carbocycles. The summed E-state index contributed by atoms with van der Waals surface area (Å²) < 4.78 is 5.18. The van der Waals surface area contributed by atoms with Crippen molar-refractivity contribution in [2.75, 3.05) is 32.8 Å². The van der Waals surface area contributed by atoms with Gasteiger partial charge in [0, 0.05) is 19.6 Å². The van der Waals surface area contributed by atoms with E-state index in [2.05, 4.69) is 10.7 Å². The minimum atomic E-state index is -0.752. The highest BCUT2D eigenvalue weighted by Gasteiger charge is 2.32. The Kier molecular flexibility index (Phi) is 4.98. The maximum Gasteiger partial charge on any atom is 0.329 e. The van der Waals surface area contributed by atoms with Gasteiger partial charge in [0.05, 0.1) is 19.1 Å². The normalized spacial score (nSPS) is 28.0. The first kappa shape index (κ1) is 14.1. The van der Waals surface area contributed by atoms with E-state index in [4.69, 9.17) is 9.84 Å². The number of nitrogens with one attached hydrogen (secondary N) is 2. The van der Waals surface area contributed by atoms with E-state index < -0.39 is 5.97 Å². The van der Waals surface area contributed by atoms with Gasteiger partial charge < -0.3 is 15.2 Å². The highest BCUT2D eigenvalue weighted by molar-refractivity contribution is 5.74. The molecular formula is C12H21N3O4. The van der Waals surface area contributed by atoms with Crippen molar-refractivity contribution in [1.82, 2.24) is 15.8 Å². The lowest BCUT2D eigenvalue weighted by molar-refractivity contribution is -0.142. The molecule has 3 N–H and O–H groups in total. The summed E-state index contributed by atoms with van der Waals surface area (Å²) >= 11 is 0. The predicted octanol–water partition coefficient (Wildman–Crippen LogP) is 0.0337. The largest absolute Gasteiger partial charge is 0.481 e. The fourth-order valence-corrected chi connectivity index (χ4v) is 2.69. The molecule has 2 rings (SSSR count). The van der Waals surface area contributed by atoms with Crippen molar-refractivity contribution in [2.45, 2.75) is 19.3 Å². The number of aliphatic carboxylic acids is 1. The first-order valence-electron chi connectivity index (χ1n) is 6.77. The van der Waals surface area contributed by atoms with Crippen LogP contribution in [0, 0.1) is 11.8 Å². The van der Waals surface area contributed by atoms with Crippen molar-refractivity contribution in [3.63, 3.8) is 0 Å². The number of urea groups is 1. The zero-order valence-corrected chi connectivity index (χ0v) is 10.9. The molecule has 2 unspecified atom stereocenters. The molecule has 1 heterocycles. The van der Waals surface area contributed by atoms with Gasteiger partial charge in [-0.25, -0.2) is 9.80 Å². The first-order valence-corrected chi connectivity index (χ1v) is 6.77. The lowest BCUT2D eigenvalue weighted by Crippen LogP contribution is -2.52. The molecule has 0 aromatic carbocycles. The molecule has 7 heteroatoms. The SMILES string of the molecule is O=C(NCC1CCCC1C(=O)O)NN1CCOCC1. The lowest BCUT2D eigenvalue weighted by Gasteiger charge is -2.27. The smallest absolute Gasteiger partial charge is 0.329 e. The number of ether oxygens (including phenoxy) is 1. The van der Waals surface area contributed by atoms with Gasteiger partial charge in [0.15, 0.2) is 0 Å². The fraction of sp³-hybridized carbons (Fsp3) is 0.833. The number of hydrazine groups is 1. The van der Waals surface area contributed by atoms with Gasteiger partial charge in [0.1, 0.15) is 0 Å². The standard InChI is InChI=1S/C12H21N3O4/c16-11(17)10-3-1-2-9(10)8-13-12(18)14-15-4-6-19-7-5-15/h9-10H,1-8H2,(H,16,17)(H2,13,14,18). The summed E-state index contributed by atoms with van der Waals surface area (Å²) in [6.07, 6.45) is 2.51. The Labute approximate surface area is 112 Å². The number of carboxylic acids is 1. The molecule has 2 atom stereocenters. The van der Waals surface area contributed by atoms with Crippen LogP contribution in [-0.2, 0) is 9.53 Å². The summed E-state index contributed by atoms with van der Waals surface area (Å²) in [6.45, 7) is 3.00. The number of rotatable bonds is 4. The van der Waals surface area contributed by atoms with E-state index in [1.165, 1.54) is 0 Å². The van der Waals surface area contributed by atoms with Gasteiger partial charge in [-0.1, -0.05) is 6.42 Å². The second kappa shape index (κ2) is 6.72. The molecule has 1 saturated heterocycles. The average molecular weight is 271 g/mol. The van der Waals surface area contributed by atoms with Gasteiger partial charge >= 0.3 is 12.0 Å². The molecule has 2 amide bonds. The monoisotopic (exact) mass is 271 g/mol. The second-order valence-electron chi connectivity index (χ2n) is 5.06. The molecule has 1 saturated carbocycles. The van der Waals surface area contributed by atoms with Crippen molar-refractivity contribution in [3.05, 3.63) is 0 Å². The number of hydrogen-bond donors (Lipinski definition) is 3. The summed E-state index contributed by atoms with van der Waals surface area (Å²) in [5.41, 5.74) is 2.74. The molecule has 19 heavy (non-hydrogen) atoms. The molecule has 0 radical (unpaired) electrons. The Morgan fingerprint density at radius 2 is 2.00 bits per heavy atom. The van der Waals surface area contributed by atoms with Crippen LogP contribution in [0.15, 0.2) is 0 Å². The molecule has 0 aromatic rings. The number of carbonyl (C=O) groups excluding carboxylic acids is 1. The van der Waals surface area contributed by atoms with Crippen molar-refractivity contribution in [1.29, 1.82) is 0 Å². The van der Waals surface area contributed by atoms with Crippen LogP contribution in [0.2, 0.25) is 0 Å². The van der Waals surface area contributed by atoms with Crippen molar-refractivity contribution in [3.8, 4) is 0 Å². The zero-order chi connectivity index (χ0) is 13.7. The fourth-order valence-electron chi connectivity index (χ4n) is 2.69. The highest BCUT2D eigenvalue weighted by atomic mass is 16.5. The molecule has 0 spiro atoms. The number of morpholine rings is 1. The zero-order valence-electron chi connectivity index (χ0n) is 10.9. The topological polar surface area (TPSA) is 90.9 Å². The van der Waals surface area contributed by atoms with Crippen LogP contribution in [0.3, 0.4) is 0 Å². The van der Waals surface area contributed by atoms with Crippen LogP contribution < -0.4 is 10.7 Å². The summed E-state index contributed by atoms with van der Waals surface area (Å²) in [5.74, 6) is -1.02. The molecule has 108 valence electrons. The van der Waals surface area contributed by atoms with Crippen molar-refractivity contribution in [2.24, 2.45) is 11.8 Å². The first-order chi connectivity index (χ1) is 9.16.